The van der Waals surface area contributed by atoms with Gasteiger partial charge in [-0.3, -0.25) is 0 Å². The molecular formula is C11H22N4. The van der Waals surface area contributed by atoms with Gasteiger partial charge in [0.1, 0.15) is 12.2 Å². The lowest BCUT2D eigenvalue weighted by Crippen LogP contribution is -2.28. The lowest BCUT2D eigenvalue weighted by atomic mass is 10.1. The van der Waals surface area contributed by atoms with Crippen molar-refractivity contribution in [1.82, 2.24) is 20.1 Å². The van der Waals surface area contributed by atoms with E-state index in [4.69, 9.17) is 0 Å². The Kier molecular flexibility index (Phi) is 4.75. The highest BCUT2D eigenvalue weighted by atomic mass is 15.3. The fourth-order valence-electron chi connectivity index (χ4n) is 1.74. The molecule has 1 heterocycles. The number of hydrogen-bond acceptors (Lipinski definition) is 3. The molecule has 4 nitrogen and oxygen atoms in total. The summed E-state index contributed by atoms with van der Waals surface area (Å²) < 4.78 is 2.06. The summed E-state index contributed by atoms with van der Waals surface area (Å²) >= 11 is 0. The Morgan fingerprint density at radius 3 is 2.73 bits per heavy atom. The van der Waals surface area contributed by atoms with Crippen LogP contribution in [0, 0.1) is 5.92 Å². The molecule has 0 bridgehead atoms. The highest BCUT2D eigenvalue weighted by molar-refractivity contribution is 4.85. The van der Waals surface area contributed by atoms with Crippen LogP contribution in [0.15, 0.2) is 6.33 Å². The van der Waals surface area contributed by atoms with Gasteiger partial charge in [-0.25, -0.2) is 0 Å². The van der Waals surface area contributed by atoms with E-state index in [1.54, 1.807) is 6.33 Å². The summed E-state index contributed by atoms with van der Waals surface area (Å²) in [6.45, 7) is 10.5. The van der Waals surface area contributed by atoms with Crippen LogP contribution in [0.5, 0.6) is 0 Å². The maximum atomic E-state index is 4.09. The second kappa shape index (κ2) is 5.85. The minimum Gasteiger partial charge on any atom is -0.317 e. The first-order chi connectivity index (χ1) is 7.13. The molecular weight excluding hydrogens is 188 g/mol. The minimum absolute atomic E-state index is 0.534. The van der Waals surface area contributed by atoms with Gasteiger partial charge in [0.15, 0.2) is 0 Å². The summed E-state index contributed by atoms with van der Waals surface area (Å²) in [7, 11) is 0. The summed E-state index contributed by atoms with van der Waals surface area (Å²) in [6.07, 6.45) is 2.98. The molecule has 0 saturated carbocycles. The smallest absolute Gasteiger partial charge is 0.146 e. The summed E-state index contributed by atoms with van der Waals surface area (Å²) in [5, 5.41) is 11.5. The maximum Gasteiger partial charge on any atom is 0.146 e. The average molecular weight is 210 g/mol. The van der Waals surface area contributed by atoms with E-state index in [-0.39, 0.29) is 0 Å². The van der Waals surface area contributed by atoms with Gasteiger partial charge in [-0.15, -0.1) is 10.2 Å². The van der Waals surface area contributed by atoms with Crippen molar-refractivity contribution in [2.24, 2.45) is 5.92 Å². The minimum atomic E-state index is 0.534. The highest BCUT2D eigenvalue weighted by Gasteiger charge is 2.07. The Bertz CT molecular complexity index is 280. The van der Waals surface area contributed by atoms with E-state index in [0.29, 0.717) is 6.04 Å². The summed E-state index contributed by atoms with van der Waals surface area (Å²) in [5.74, 6) is 1.75. The number of aromatic nitrogens is 3. The van der Waals surface area contributed by atoms with E-state index in [0.717, 1.165) is 24.8 Å². The Labute approximate surface area is 92.1 Å². The first-order valence-corrected chi connectivity index (χ1v) is 5.73. The first kappa shape index (κ1) is 12.2. The summed E-state index contributed by atoms with van der Waals surface area (Å²) in [4.78, 5) is 0. The molecule has 4 heteroatoms. The molecule has 0 aliphatic heterocycles. The highest BCUT2D eigenvalue weighted by Crippen LogP contribution is 2.04. The molecule has 0 aliphatic carbocycles. The number of hydrogen-bond donors (Lipinski definition) is 1. The van der Waals surface area contributed by atoms with Gasteiger partial charge >= 0.3 is 0 Å². The molecule has 1 N–H and O–H groups in total. The van der Waals surface area contributed by atoms with Crippen molar-refractivity contribution in [3.05, 3.63) is 12.2 Å². The van der Waals surface area contributed by atoms with Crippen molar-refractivity contribution >= 4 is 0 Å². The zero-order chi connectivity index (χ0) is 11.3. The molecule has 0 amide bonds. The van der Waals surface area contributed by atoms with Gasteiger partial charge in [0.2, 0.25) is 0 Å². The molecule has 0 aromatic carbocycles. The molecule has 1 aromatic rings. The molecule has 0 radical (unpaired) electrons. The number of rotatable bonds is 6. The van der Waals surface area contributed by atoms with Gasteiger partial charge in [0.05, 0.1) is 6.54 Å². The van der Waals surface area contributed by atoms with Crippen molar-refractivity contribution < 1.29 is 0 Å². The molecule has 0 aliphatic rings. The van der Waals surface area contributed by atoms with Crippen LogP contribution < -0.4 is 5.32 Å². The molecule has 1 rings (SSSR count). The lowest BCUT2D eigenvalue weighted by molar-refractivity contribution is 0.432. The van der Waals surface area contributed by atoms with E-state index < -0.39 is 0 Å². The fraction of sp³-hybridized carbons (Fsp3) is 0.818. The van der Waals surface area contributed by atoms with Crippen LogP contribution in [-0.2, 0) is 13.1 Å². The largest absolute Gasteiger partial charge is 0.317 e. The standard InChI is InChI=1S/C11H22N4/c1-5-15-8-13-14-11(15)7-12-10(4)6-9(2)3/h8-10,12H,5-7H2,1-4H3. The third-order valence-corrected chi connectivity index (χ3v) is 2.47. The van der Waals surface area contributed by atoms with Crippen molar-refractivity contribution in [1.29, 1.82) is 0 Å². The van der Waals surface area contributed by atoms with Gasteiger partial charge in [-0.05, 0) is 26.2 Å². The average Bonchev–Trinajstić information content (AvgIpc) is 2.60. The normalized spacial score (nSPS) is 13.4. The van der Waals surface area contributed by atoms with Crippen molar-refractivity contribution in [3.8, 4) is 0 Å². The predicted octanol–water partition coefficient (Wildman–Crippen LogP) is 1.82. The van der Waals surface area contributed by atoms with Crippen LogP contribution in [0.3, 0.4) is 0 Å². The number of aryl methyl sites for hydroxylation is 1. The number of nitrogens with one attached hydrogen (secondary N) is 1. The first-order valence-electron chi connectivity index (χ1n) is 5.73. The quantitative estimate of drug-likeness (QED) is 0.779. The van der Waals surface area contributed by atoms with Crippen LogP contribution >= 0.6 is 0 Å². The Hall–Kier alpha value is -0.900. The molecule has 15 heavy (non-hydrogen) atoms. The zero-order valence-electron chi connectivity index (χ0n) is 10.2. The van der Waals surface area contributed by atoms with Gasteiger partial charge in [-0.1, -0.05) is 13.8 Å². The maximum absolute atomic E-state index is 4.09. The van der Waals surface area contributed by atoms with E-state index >= 15 is 0 Å². The van der Waals surface area contributed by atoms with Crippen molar-refractivity contribution in [2.75, 3.05) is 0 Å². The van der Waals surface area contributed by atoms with Gasteiger partial charge in [-0.2, -0.15) is 0 Å². The molecule has 1 aromatic heterocycles. The lowest BCUT2D eigenvalue weighted by Gasteiger charge is -2.15. The monoisotopic (exact) mass is 210 g/mol. The van der Waals surface area contributed by atoms with E-state index in [1.165, 1.54) is 6.42 Å². The van der Waals surface area contributed by atoms with Crippen LogP contribution in [0.25, 0.3) is 0 Å². The van der Waals surface area contributed by atoms with Gasteiger partial charge in [0.25, 0.3) is 0 Å². The van der Waals surface area contributed by atoms with E-state index in [9.17, 15) is 0 Å². The van der Waals surface area contributed by atoms with E-state index in [1.807, 2.05) is 0 Å². The van der Waals surface area contributed by atoms with Crippen LogP contribution in [0.1, 0.15) is 39.9 Å². The molecule has 1 unspecified atom stereocenters. The van der Waals surface area contributed by atoms with Crippen LogP contribution in [0.2, 0.25) is 0 Å². The molecule has 0 saturated heterocycles. The van der Waals surface area contributed by atoms with Gasteiger partial charge in [0, 0.05) is 12.6 Å². The van der Waals surface area contributed by atoms with Crippen LogP contribution in [0.4, 0.5) is 0 Å². The summed E-state index contributed by atoms with van der Waals surface area (Å²) in [6, 6.07) is 0.534. The molecule has 0 fully saturated rings. The fourth-order valence-corrected chi connectivity index (χ4v) is 1.74. The van der Waals surface area contributed by atoms with Crippen molar-refractivity contribution in [2.45, 2.75) is 53.2 Å². The zero-order valence-corrected chi connectivity index (χ0v) is 10.2. The molecule has 1 atom stereocenters. The number of nitrogens with zero attached hydrogens (tertiary/aromatic N) is 3. The Balaban J connectivity index is 2.36. The van der Waals surface area contributed by atoms with Gasteiger partial charge < -0.3 is 9.88 Å². The van der Waals surface area contributed by atoms with E-state index in [2.05, 4.69) is 47.8 Å². The Morgan fingerprint density at radius 2 is 2.13 bits per heavy atom. The SMILES string of the molecule is CCn1cnnc1CNC(C)CC(C)C. The Morgan fingerprint density at radius 1 is 1.40 bits per heavy atom. The second-order valence-electron chi connectivity index (χ2n) is 4.44. The second-order valence-corrected chi connectivity index (χ2v) is 4.44. The van der Waals surface area contributed by atoms with Crippen molar-refractivity contribution in [3.63, 3.8) is 0 Å². The third-order valence-electron chi connectivity index (χ3n) is 2.47. The molecule has 86 valence electrons. The predicted molar refractivity (Wildman–Crippen MR) is 61.5 cm³/mol. The summed E-state index contributed by atoms with van der Waals surface area (Å²) in [5.41, 5.74) is 0. The molecule has 0 spiro atoms. The van der Waals surface area contributed by atoms with Crippen LogP contribution in [-0.4, -0.2) is 20.8 Å². The third kappa shape index (κ3) is 4.00. The topological polar surface area (TPSA) is 42.7 Å².